The van der Waals surface area contributed by atoms with E-state index in [1.165, 1.54) is 0 Å². The fourth-order valence-corrected chi connectivity index (χ4v) is 5.27. The summed E-state index contributed by atoms with van der Waals surface area (Å²) in [6.45, 7) is 0. The van der Waals surface area contributed by atoms with Crippen LogP contribution < -0.4 is 0 Å². The highest BCUT2D eigenvalue weighted by atomic mass is 16.3. The topological polar surface area (TPSA) is 80.9 Å². The second-order valence-electron chi connectivity index (χ2n) is 8.74. The number of hydrogen-bond donors (Lipinski definition) is 4. The molecule has 6 rings (SSSR count). The molecule has 0 saturated carbocycles. The third-order valence-electron chi connectivity index (χ3n) is 6.83. The summed E-state index contributed by atoms with van der Waals surface area (Å²) in [5.41, 5.74) is 2.03. The minimum Gasteiger partial charge on any atom is -0.508 e. The van der Waals surface area contributed by atoms with Crippen LogP contribution in [0, 0.1) is 0 Å². The van der Waals surface area contributed by atoms with E-state index in [1.807, 2.05) is 54.6 Å². The van der Waals surface area contributed by atoms with Crippen molar-refractivity contribution in [1.82, 2.24) is 0 Å². The summed E-state index contributed by atoms with van der Waals surface area (Å²) in [5.74, 6) is -0.271. The van der Waals surface area contributed by atoms with E-state index in [4.69, 9.17) is 0 Å². The summed E-state index contributed by atoms with van der Waals surface area (Å²) >= 11 is 0. The Morgan fingerprint density at radius 2 is 0.857 bits per heavy atom. The number of phenolic OH excluding ortho intramolecular Hbond substituents is 4. The quantitative estimate of drug-likeness (QED) is 0.212. The third-order valence-corrected chi connectivity index (χ3v) is 6.83. The van der Waals surface area contributed by atoms with Crippen molar-refractivity contribution in [3.63, 3.8) is 0 Å². The highest BCUT2D eigenvalue weighted by molar-refractivity contribution is 5.99. The molecular formula is C31H22O4. The van der Waals surface area contributed by atoms with Crippen molar-refractivity contribution in [2.24, 2.45) is 0 Å². The normalized spacial score (nSPS) is 11.6. The van der Waals surface area contributed by atoms with Gasteiger partial charge >= 0.3 is 0 Å². The van der Waals surface area contributed by atoms with Crippen LogP contribution in [0.5, 0.6) is 23.0 Å². The zero-order valence-corrected chi connectivity index (χ0v) is 18.7. The third kappa shape index (κ3) is 3.22. The van der Waals surface area contributed by atoms with Crippen LogP contribution in [-0.4, -0.2) is 20.4 Å². The Balaban J connectivity index is 1.82. The second-order valence-corrected chi connectivity index (χ2v) is 8.74. The number of benzene rings is 6. The molecule has 0 saturated heterocycles. The maximum absolute atomic E-state index is 11.3. The van der Waals surface area contributed by atoms with Crippen molar-refractivity contribution < 1.29 is 20.4 Å². The van der Waals surface area contributed by atoms with Crippen molar-refractivity contribution in [2.45, 2.75) is 5.92 Å². The predicted molar refractivity (Wildman–Crippen MR) is 139 cm³/mol. The molecule has 0 atom stereocenters. The predicted octanol–water partition coefficient (Wildman–Crippen LogP) is 7.15. The van der Waals surface area contributed by atoms with Crippen molar-refractivity contribution in [3.05, 3.63) is 120 Å². The molecule has 0 bridgehead atoms. The van der Waals surface area contributed by atoms with Crippen LogP contribution in [0.1, 0.15) is 22.6 Å². The first kappa shape index (κ1) is 20.9. The van der Waals surface area contributed by atoms with Crippen LogP contribution in [0.15, 0.2) is 103 Å². The Morgan fingerprint density at radius 1 is 0.371 bits per heavy atom. The minimum atomic E-state index is -0.600. The molecule has 0 heterocycles. The molecule has 0 spiro atoms. The molecule has 6 aromatic carbocycles. The van der Waals surface area contributed by atoms with Crippen LogP contribution in [0.3, 0.4) is 0 Å². The number of aromatic hydroxyl groups is 4. The average molecular weight is 459 g/mol. The van der Waals surface area contributed by atoms with E-state index in [0.717, 1.165) is 16.3 Å². The lowest BCUT2D eigenvalue weighted by molar-refractivity contribution is 0.460. The van der Waals surface area contributed by atoms with Gasteiger partial charge in [-0.1, -0.05) is 66.7 Å². The lowest BCUT2D eigenvalue weighted by atomic mass is 9.78. The first-order valence-corrected chi connectivity index (χ1v) is 11.4. The molecule has 0 fully saturated rings. The summed E-state index contributed by atoms with van der Waals surface area (Å²) in [6.07, 6.45) is 0. The second kappa shape index (κ2) is 7.96. The van der Waals surface area contributed by atoms with Gasteiger partial charge in [-0.05, 0) is 63.5 Å². The highest BCUT2D eigenvalue weighted by Gasteiger charge is 2.29. The summed E-state index contributed by atoms with van der Waals surface area (Å²) < 4.78 is 0. The maximum Gasteiger partial charge on any atom is 0.123 e. The van der Waals surface area contributed by atoms with Gasteiger partial charge in [0.25, 0.3) is 0 Å². The van der Waals surface area contributed by atoms with E-state index in [2.05, 4.69) is 0 Å². The van der Waals surface area contributed by atoms with Gasteiger partial charge in [0, 0.05) is 27.8 Å². The molecule has 6 aromatic rings. The van der Waals surface area contributed by atoms with E-state index in [-0.39, 0.29) is 23.0 Å². The number of fused-ring (bicyclic) bond motifs is 3. The molecule has 0 unspecified atom stereocenters. The van der Waals surface area contributed by atoms with Gasteiger partial charge in [-0.15, -0.1) is 0 Å². The smallest absolute Gasteiger partial charge is 0.123 e. The molecule has 170 valence electrons. The average Bonchev–Trinajstić information content (AvgIpc) is 2.87. The molecule has 0 radical (unpaired) electrons. The number of hydrogen-bond acceptors (Lipinski definition) is 4. The summed E-state index contributed by atoms with van der Waals surface area (Å²) in [4.78, 5) is 0. The molecule has 0 amide bonds. The van der Waals surface area contributed by atoms with Gasteiger partial charge in [-0.3, -0.25) is 0 Å². The van der Waals surface area contributed by atoms with Gasteiger partial charge in [0.2, 0.25) is 0 Å². The number of phenols is 4. The standard InChI is InChI=1S/C31H22O4/c32-25-12-4-10-23-20(25)14-16-27(34)29(23)31(22-9-3-7-18-6-1-2-8-19(18)22)30-24-11-5-13-26(33)21(24)15-17-28(30)35/h1-17,31-35H. The molecule has 0 aliphatic heterocycles. The van der Waals surface area contributed by atoms with E-state index < -0.39 is 5.92 Å². The number of rotatable bonds is 3. The summed E-state index contributed by atoms with van der Waals surface area (Å²) in [6, 6.07) is 31.0. The molecule has 4 nitrogen and oxygen atoms in total. The first-order chi connectivity index (χ1) is 17.0. The van der Waals surface area contributed by atoms with Crippen LogP contribution in [0.2, 0.25) is 0 Å². The first-order valence-electron chi connectivity index (χ1n) is 11.4. The van der Waals surface area contributed by atoms with Crippen LogP contribution in [0.4, 0.5) is 0 Å². The molecule has 0 aliphatic rings. The largest absolute Gasteiger partial charge is 0.508 e. The molecule has 0 aromatic heterocycles. The van der Waals surface area contributed by atoms with Gasteiger partial charge in [0.1, 0.15) is 23.0 Å². The molecule has 4 heteroatoms. The molecule has 0 aliphatic carbocycles. The van der Waals surface area contributed by atoms with Gasteiger partial charge in [0.15, 0.2) is 0 Å². The lowest BCUT2D eigenvalue weighted by Crippen LogP contribution is -2.07. The Bertz CT molecular complexity index is 1660. The Hall–Kier alpha value is -4.70. The zero-order valence-electron chi connectivity index (χ0n) is 18.7. The fourth-order valence-electron chi connectivity index (χ4n) is 5.27. The van der Waals surface area contributed by atoms with Gasteiger partial charge < -0.3 is 20.4 Å². The van der Waals surface area contributed by atoms with Gasteiger partial charge in [-0.25, -0.2) is 0 Å². The van der Waals surface area contributed by atoms with Gasteiger partial charge in [0.05, 0.1) is 0 Å². The molecule has 35 heavy (non-hydrogen) atoms. The van der Waals surface area contributed by atoms with Crippen LogP contribution >= 0.6 is 0 Å². The van der Waals surface area contributed by atoms with E-state index >= 15 is 0 Å². The van der Waals surface area contributed by atoms with Gasteiger partial charge in [-0.2, -0.15) is 0 Å². The Labute approximate surface area is 201 Å². The van der Waals surface area contributed by atoms with E-state index in [1.54, 1.807) is 48.5 Å². The Kier molecular flexibility index (Phi) is 4.75. The van der Waals surface area contributed by atoms with Crippen LogP contribution in [-0.2, 0) is 0 Å². The SMILES string of the molecule is Oc1ccc2c(O)cccc2c1C(c1cccc2ccccc12)c1c(O)ccc2c(O)cccc12. The molecular weight excluding hydrogens is 436 g/mol. The van der Waals surface area contributed by atoms with Crippen molar-refractivity contribution in [3.8, 4) is 23.0 Å². The summed E-state index contributed by atoms with van der Waals surface area (Å²) in [5, 5.41) is 48.3. The van der Waals surface area contributed by atoms with Crippen LogP contribution in [0.25, 0.3) is 32.3 Å². The minimum absolute atomic E-state index is 0.0533. The monoisotopic (exact) mass is 458 g/mol. The lowest BCUT2D eigenvalue weighted by Gasteiger charge is -2.25. The fraction of sp³-hybridized carbons (Fsp3) is 0.0323. The van der Waals surface area contributed by atoms with E-state index in [0.29, 0.717) is 32.7 Å². The highest BCUT2D eigenvalue weighted by Crippen LogP contribution is 2.49. The van der Waals surface area contributed by atoms with Crippen molar-refractivity contribution in [2.75, 3.05) is 0 Å². The van der Waals surface area contributed by atoms with E-state index in [9.17, 15) is 20.4 Å². The Morgan fingerprint density at radius 3 is 1.46 bits per heavy atom. The maximum atomic E-state index is 11.3. The zero-order chi connectivity index (χ0) is 24.1. The van der Waals surface area contributed by atoms with Crippen molar-refractivity contribution >= 4 is 32.3 Å². The molecule has 4 N–H and O–H groups in total. The van der Waals surface area contributed by atoms with Crippen molar-refractivity contribution in [1.29, 1.82) is 0 Å². The summed E-state index contributed by atoms with van der Waals surface area (Å²) in [7, 11) is 0.